The van der Waals surface area contributed by atoms with Gasteiger partial charge in [0, 0.05) is 6.04 Å². The van der Waals surface area contributed by atoms with E-state index in [2.05, 4.69) is 5.32 Å². The van der Waals surface area contributed by atoms with E-state index in [4.69, 9.17) is 4.74 Å². The van der Waals surface area contributed by atoms with Crippen molar-refractivity contribution in [3.63, 3.8) is 0 Å². The molecule has 0 spiro atoms. The topological polar surface area (TPSA) is 41.6 Å². The number of esters is 1. The molecule has 0 aromatic carbocycles. The number of halogens is 3. The minimum absolute atomic E-state index is 0.262. The number of nitrogens with zero attached hydrogens (tertiary/aromatic N) is 1. The number of rotatable bonds is 5. The van der Waals surface area contributed by atoms with Crippen LogP contribution in [-0.2, 0) is 9.53 Å². The number of carbonyl (C=O) groups excluding carboxylic acids is 1. The number of hydrogen-bond donors (Lipinski definition) is 1. The zero-order valence-corrected chi connectivity index (χ0v) is 12.2. The van der Waals surface area contributed by atoms with E-state index in [9.17, 15) is 18.0 Å². The molecule has 0 heterocycles. The molecule has 2 atom stereocenters. The fourth-order valence-corrected chi connectivity index (χ4v) is 3.00. The molecule has 1 saturated carbocycles. The summed E-state index contributed by atoms with van der Waals surface area (Å²) >= 11 is 0. The van der Waals surface area contributed by atoms with E-state index >= 15 is 0 Å². The SMILES string of the molecule is CCN(CC(F)(F)F)C1CCCC(NC)(C(=O)OC)C1. The van der Waals surface area contributed by atoms with Crippen molar-refractivity contribution >= 4 is 5.97 Å². The van der Waals surface area contributed by atoms with E-state index in [-0.39, 0.29) is 6.04 Å². The summed E-state index contributed by atoms with van der Waals surface area (Å²) in [6.07, 6.45) is -1.91. The molecule has 2 unspecified atom stereocenters. The van der Waals surface area contributed by atoms with Crippen molar-refractivity contribution in [1.82, 2.24) is 10.2 Å². The predicted octanol–water partition coefficient (Wildman–Crippen LogP) is 1.94. The Bertz CT molecular complexity index is 336. The van der Waals surface area contributed by atoms with Gasteiger partial charge >= 0.3 is 12.1 Å². The standard InChI is InChI=1S/C13H23F3N2O2/c1-4-18(9-13(14,15)16)10-6-5-7-12(8-10,17-2)11(19)20-3/h10,17H,4-9H2,1-3H3. The average molecular weight is 296 g/mol. The van der Waals surface area contributed by atoms with Gasteiger partial charge in [-0.25, -0.2) is 0 Å². The lowest BCUT2D eigenvalue weighted by Crippen LogP contribution is -2.58. The summed E-state index contributed by atoms with van der Waals surface area (Å²) in [6, 6.07) is -0.262. The minimum Gasteiger partial charge on any atom is -0.468 e. The van der Waals surface area contributed by atoms with Gasteiger partial charge < -0.3 is 10.1 Å². The molecule has 20 heavy (non-hydrogen) atoms. The highest BCUT2D eigenvalue weighted by Crippen LogP contribution is 2.33. The lowest BCUT2D eigenvalue weighted by Gasteiger charge is -2.42. The summed E-state index contributed by atoms with van der Waals surface area (Å²) in [5, 5.41) is 2.96. The van der Waals surface area contributed by atoms with Crippen LogP contribution in [0.5, 0.6) is 0 Å². The van der Waals surface area contributed by atoms with Crippen LogP contribution >= 0.6 is 0 Å². The third-order valence-corrected chi connectivity index (χ3v) is 4.08. The lowest BCUT2D eigenvalue weighted by atomic mass is 9.78. The van der Waals surface area contributed by atoms with Crippen molar-refractivity contribution in [1.29, 1.82) is 0 Å². The summed E-state index contributed by atoms with van der Waals surface area (Å²) in [6.45, 7) is 1.08. The van der Waals surface area contributed by atoms with E-state index < -0.39 is 24.2 Å². The van der Waals surface area contributed by atoms with E-state index in [0.29, 0.717) is 32.2 Å². The van der Waals surface area contributed by atoms with Crippen molar-refractivity contribution < 1.29 is 22.7 Å². The highest BCUT2D eigenvalue weighted by atomic mass is 19.4. The first-order chi connectivity index (χ1) is 9.28. The fraction of sp³-hybridized carbons (Fsp3) is 0.923. The number of nitrogens with one attached hydrogen (secondary N) is 1. The molecular weight excluding hydrogens is 273 g/mol. The molecule has 1 aliphatic carbocycles. The van der Waals surface area contributed by atoms with E-state index in [1.54, 1.807) is 14.0 Å². The molecule has 0 saturated heterocycles. The molecule has 0 bridgehead atoms. The molecular formula is C13H23F3N2O2. The van der Waals surface area contributed by atoms with E-state index in [1.807, 2.05) is 0 Å². The maximum absolute atomic E-state index is 12.6. The van der Waals surface area contributed by atoms with Crippen molar-refractivity contribution in [2.75, 3.05) is 27.2 Å². The zero-order valence-electron chi connectivity index (χ0n) is 12.2. The van der Waals surface area contributed by atoms with Crippen LogP contribution < -0.4 is 5.32 Å². The first-order valence-corrected chi connectivity index (χ1v) is 6.86. The zero-order chi connectivity index (χ0) is 15.4. The van der Waals surface area contributed by atoms with Gasteiger partial charge in [-0.05, 0) is 39.3 Å². The molecule has 0 aliphatic heterocycles. The monoisotopic (exact) mass is 296 g/mol. The quantitative estimate of drug-likeness (QED) is 0.787. The highest BCUT2D eigenvalue weighted by molar-refractivity contribution is 5.81. The molecule has 0 aromatic heterocycles. The third-order valence-electron chi connectivity index (χ3n) is 4.08. The van der Waals surface area contributed by atoms with Crippen LogP contribution in [0.4, 0.5) is 13.2 Å². The Balaban J connectivity index is 2.83. The third kappa shape index (κ3) is 4.09. The van der Waals surface area contributed by atoms with Gasteiger partial charge in [0.2, 0.25) is 0 Å². The summed E-state index contributed by atoms with van der Waals surface area (Å²) < 4.78 is 42.6. The van der Waals surface area contributed by atoms with Crippen LogP contribution in [0.2, 0.25) is 0 Å². The van der Waals surface area contributed by atoms with Gasteiger partial charge in [-0.15, -0.1) is 0 Å². The molecule has 1 rings (SSSR count). The number of carbonyl (C=O) groups is 1. The maximum atomic E-state index is 12.6. The van der Waals surface area contributed by atoms with Gasteiger partial charge in [0.15, 0.2) is 0 Å². The van der Waals surface area contributed by atoms with Gasteiger partial charge in [0.25, 0.3) is 0 Å². The van der Waals surface area contributed by atoms with E-state index in [1.165, 1.54) is 12.0 Å². The van der Waals surface area contributed by atoms with Crippen LogP contribution in [0, 0.1) is 0 Å². The Morgan fingerprint density at radius 1 is 1.50 bits per heavy atom. The number of alkyl halides is 3. The Morgan fingerprint density at radius 3 is 2.60 bits per heavy atom. The fourth-order valence-electron chi connectivity index (χ4n) is 3.00. The molecule has 1 N–H and O–H groups in total. The number of likely N-dealkylation sites (N-methyl/N-ethyl adjacent to an activating group) is 1. The van der Waals surface area contributed by atoms with Crippen LogP contribution in [0.25, 0.3) is 0 Å². The van der Waals surface area contributed by atoms with Gasteiger partial charge in [0.1, 0.15) is 5.54 Å². The number of hydrogen-bond acceptors (Lipinski definition) is 4. The first-order valence-electron chi connectivity index (χ1n) is 6.86. The normalized spacial score (nSPS) is 27.6. The predicted molar refractivity (Wildman–Crippen MR) is 69.4 cm³/mol. The summed E-state index contributed by atoms with van der Waals surface area (Å²) in [5.41, 5.74) is -0.864. The molecule has 118 valence electrons. The molecule has 7 heteroatoms. The van der Waals surface area contributed by atoms with Gasteiger partial charge in [-0.2, -0.15) is 13.2 Å². The van der Waals surface area contributed by atoms with Gasteiger partial charge in [0.05, 0.1) is 13.7 Å². The largest absolute Gasteiger partial charge is 0.468 e. The Kier molecular flexibility index (Phi) is 5.82. The van der Waals surface area contributed by atoms with Crippen LogP contribution in [-0.4, -0.2) is 55.9 Å². The highest BCUT2D eigenvalue weighted by Gasteiger charge is 2.45. The summed E-state index contributed by atoms with van der Waals surface area (Å²) in [7, 11) is 2.96. The molecule has 4 nitrogen and oxygen atoms in total. The Labute approximate surface area is 117 Å². The molecule has 1 fully saturated rings. The Morgan fingerprint density at radius 2 is 2.15 bits per heavy atom. The average Bonchev–Trinajstić information content (AvgIpc) is 2.42. The van der Waals surface area contributed by atoms with Crippen LogP contribution in [0.15, 0.2) is 0 Å². The second kappa shape index (κ2) is 6.76. The second-order valence-corrected chi connectivity index (χ2v) is 5.25. The lowest BCUT2D eigenvalue weighted by molar-refractivity contribution is -0.158. The molecule has 0 aromatic rings. The minimum atomic E-state index is -4.22. The van der Waals surface area contributed by atoms with Crippen molar-refractivity contribution in [2.24, 2.45) is 0 Å². The van der Waals surface area contributed by atoms with Gasteiger partial charge in [-0.3, -0.25) is 9.69 Å². The van der Waals surface area contributed by atoms with Crippen LogP contribution in [0.3, 0.4) is 0 Å². The smallest absolute Gasteiger partial charge is 0.401 e. The summed E-state index contributed by atoms with van der Waals surface area (Å²) in [4.78, 5) is 13.3. The summed E-state index contributed by atoms with van der Waals surface area (Å²) in [5.74, 6) is -0.396. The van der Waals surface area contributed by atoms with Crippen molar-refractivity contribution in [3.05, 3.63) is 0 Å². The van der Waals surface area contributed by atoms with E-state index in [0.717, 1.165) is 0 Å². The molecule has 0 amide bonds. The maximum Gasteiger partial charge on any atom is 0.401 e. The Hall–Kier alpha value is -0.820. The second-order valence-electron chi connectivity index (χ2n) is 5.25. The van der Waals surface area contributed by atoms with Gasteiger partial charge in [-0.1, -0.05) is 6.92 Å². The van der Waals surface area contributed by atoms with Crippen molar-refractivity contribution in [2.45, 2.75) is 50.4 Å². The van der Waals surface area contributed by atoms with Crippen molar-refractivity contribution in [3.8, 4) is 0 Å². The molecule has 0 radical (unpaired) electrons. The first kappa shape index (κ1) is 17.2. The van der Waals surface area contributed by atoms with Crippen LogP contribution in [0.1, 0.15) is 32.6 Å². The number of methoxy groups -OCH3 is 1. The number of ether oxygens (including phenoxy) is 1. The molecule has 1 aliphatic rings.